The second kappa shape index (κ2) is 8.71. The van der Waals surface area contributed by atoms with E-state index in [1.165, 1.54) is 11.0 Å². The first-order chi connectivity index (χ1) is 16.7. The number of anilines is 1. The van der Waals surface area contributed by atoms with Gasteiger partial charge in [0.25, 0.3) is 5.91 Å². The van der Waals surface area contributed by atoms with Crippen LogP contribution in [0.2, 0.25) is 0 Å². The Balaban J connectivity index is 1.88. The summed E-state index contributed by atoms with van der Waals surface area (Å²) in [5.41, 5.74) is 1.76. The van der Waals surface area contributed by atoms with Crippen LogP contribution >= 0.6 is 15.9 Å². The molecule has 7 N–H and O–H groups in total. The molecule has 2 amide bonds. The smallest absolute Gasteiger partial charge is 0.255 e. The molecule has 4 rings (SSSR count). The number of amides is 2. The molecule has 0 radical (unpaired) electrons. The minimum atomic E-state index is -2.70. The third-order valence-electron chi connectivity index (χ3n) is 7.21. The predicted molar refractivity (Wildman–Crippen MR) is 131 cm³/mol. The number of rotatable bonds is 4. The average Bonchev–Trinajstić information content (AvgIpc) is 2.77. The number of fused-ring (bicyclic) bond motifs is 3. The summed E-state index contributed by atoms with van der Waals surface area (Å²) in [5.74, 6) is -7.67. The number of primary amides is 1. The number of aliphatic hydroxyl groups excluding tert-OH is 2. The molecule has 0 saturated carbocycles. The molecule has 0 spiro atoms. The van der Waals surface area contributed by atoms with E-state index in [1.54, 1.807) is 27.1 Å². The number of nitrogens with zero attached hydrogens (tertiary/aromatic N) is 1. The molecule has 1 aromatic rings. The molecule has 3 aliphatic carbocycles. The minimum absolute atomic E-state index is 0.00606. The van der Waals surface area contributed by atoms with E-state index < -0.39 is 74.5 Å². The van der Waals surface area contributed by atoms with Crippen LogP contribution in [-0.2, 0) is 20.8 Å². The number of phenols is 1. The number of carbonyl (C=O) groups excluding carboxylic acids is 4. The molecule has 5 atom stereocenters. The van der Waals surface area contributed by atoms with E-state index in [0.717, 1.165) is 0 Å². The maximum atomic E-state index is 13.6. The lowest BCUT2D eigenvalue weighted by Crippen LogP contribution is -2.63. The van der Waals surface area contributed by atoms with E-state index in [-0.39, 0.29) is 29.7 Å². The van der Waals surface area contributed by atoms with Gasteiger partial charge in [0.1, 0.15) is 17.1 Å². The first-order valence-corrected chi connectivity index (χ1v) is 12.1. The van der Waals surface area contributed by atoms with Gasteiger partial charge >= 0.3 is 0 Å². The third-order valence-corrected chi connectivity index (χ3v) is 7.63. The molecular formula is C24H26BrN3O8. The summed E-state index contributed by atoms with van der Waals surface area (Å²) in [6.45, 7) is 1.58. The Morgan fingerprint density at radius 2 is 1.86 bits per heavy atom. The average molecular weight is 564 g/mol. The van der Waals surface area contributed by atoms with Gasteiger partial charge in [-0.25, -0.2) is 0 Å². The number of likely N-dealkylation sites (N-methyl/N-ethyl adjacent to an activating group) is 1. The van der Waals surface area contributed by atoms with E-state index >= 15 is 0 Å². The lowest BCUT2D eigenvalue weighted by molar-refractivity contribution is -0.148. The number of phenolic OH excluding ortho intramolecular Hbond substituents is 1. The first kappa shape index (κ1) is 25.9. The standard InChI is InChI=1S/C24H26BrN3O8/c1-8(25)23(35)27-12-5-4-9-6-10-7-11-16(28(2)3)19(31)15(22(26)34)21(33)24(11,36)20(32)14(10)18(30)13(9)17(12)29/h4-5,8,10-11,16,29,31-32,36H,6-7H2,1-3H3,(H2,26,34)(H,27,35)/t8?,10?,11?,16-,24-/m0/s1. The summed E-state index contributed by atoms with van der Waals surface area (Å²) in [4.78, 5) is 51.9. The van der Waals surface area contributed by atoms with E-state index in [9.17, 15) is 39.6 Å². The van der Waals surface area contributed by atoms with Gasteiger partial charge in [-0.3, -0.25) is 24.1 Å². The number of allylic oxidation sites excluding steroid dienone is 1. The highest BCUT2D eigenvalue weighted by atomic mass is 79.9. The monoisotopic (exact) mass is 563 g/mol. The summed E-state index contributed by atoms with van der Waals surface area (Å²) < 4.78 is 0. The fourth-order valence-electron chi connectivity index (χ4n) is 5.56. The number of nitrogens with two attached hydrogens (primary N) is 1. The van der Waals surface area contributed by atoms with Crippen LogP contribution in [0.25, 0.3) is 0 Å². The van der Waals surface area contributed by atoms with Crippen molar-refractivity contribution in [3.8, 4) is 5.75 Å². The van der Waals surface area contributed by atoms with Gasteiger partial charge in [0.05, 0.1) is 22.1 Å². The number of Topliss-reactive ketones (excluding diaryl/α,β-unsaturated/α-hetero) is 2. The van der Waals surface area contributed by atoms with Crippen LogP contribution in [0.3, 0.4) is 0 Å². The zero-order chi connectivity index (χ0) is 26.9. The van der Waals surface area contributed by atoms with Gasteiger partial charge in [-0.2, -0.15) is 0 Å². The molecular weight excluding hydrogens is 538 g/mol. The van der Waals surface area contributed by atoms with Gasteiger partial charge in [-0.05, 0) is 51.4 Å². The summed E-state index contributed by atoms with van der Waals surface area (Å²) >= 11 is 3.12. The van der Waals surface area contributed by atoms with Gasteiger partial charge < -0.3 is 31.5 Å². The number of hydrogen-bond acceptors (Lipinski definition) is 9. The highest BCUT2D eigenvalue weighted by Crippen LogP contribution is 2.52. The Hall–Kier alpha value is -3.22. The number of ketones is 2. The van der Waals surface area contributed by atoms with Crippen LogP contribution in [-0.4, -0.2) is 79.3 Å². The van der Waals surface area contributed by atoms with Gasteiger partial charge in [0.2, 0.25) is 11.7 Å². The summed E-state index contributed by atoms with van der Waals surface area (Å²) in [7, 11) is 3.13. The minimum Gasteiger partial charge on any atom is -0.510 e. The number of aromatic hydroxyl groups is 1. The lowest BCUT2D eigenvalue weighted by atomic mass is 9.58. The number of alkyl halides is 1. The van der Waals surface area contributed by atoms with Crippen molar-refractivity contribution in [3.63, 3.8) is 0 Å². The van der Waals surface area contributed by atoms with Gasteiger partial charge in [-0.15, -0.1) is 0 Å². The molecule has 1 aromatic carbocycles. The van der Waals surface area contributed by atoms with Crippen molar-refractivity contribution < 1.29 is 39.6 Å². The second-order valence-corrected chi connectivity index (χ2v) is 10.9. The summed E-state index contributed by atoms with van der Waals surface area (Å²) in [6.07, 6.45) is 0.178. The van der Waals surface area contributed by atoms with Crippen molar-refractivity contribution in [2.45, 2.75) is 36.2 Å². The van der Waals surface area contributed by atoms with E-state index in [4.69, 9.17) is 5.73 Å². The van der Waals surface area contributed by atoms with Crippen molar-refractivity contribution >= 4 is 45.0 Å². The van der Waals surface area contributed by atoms with E-state index in [1.807, 2.05) is 0 Å². The zero-order valence-electron chi connectivity index (χ0n) is 19.7. The van der Waals surface area contributed by atoms with Crippen LogP contribution in [0.1, 0.15) is 29.3 Å². The van der Waals surface area contributed by atoms with E-state index in [2.05, 4.69) is 21.2 Å². The maximum absolute atomic E-state index is 13.6. The van der Waals surface area contributed by atoms with Crippen LogP contribution in [0.15, 0.2) is 34.8 Å². The lowest BCUT2D eigenvalue weighted by Gasteiger charge is -2.50. The molecule has 0 aliphatic heterocycles. The molecule has 36 heavy (non-hydrogen) atoms. The first-order valence-electron chi connectivity index (χ1n) is 11.2. The SMILES string of the molecule is CC(Br)C(=O)Nc1ccc2c(c1O)C(=O)C1=C(O)[C@]3(O)C(=O)C(C(N)=O)=C(O)[C@@H](N(C)C)C3CC1C2. The number of halogens is 1. The van der Waals surface area contributed by atoms with Gasteiger partial charge in [0.15, 0.2) is 17.1 Å². The Morgan fingerprint density at radius 3 is 2.42 bits per heavy atom. The summed E-state index contributed by atoms with van der Waals surface area (Å²) in [5, 5.41) is 46.9. The zero-order valence-corrected chi connectivity index (χ0v) is 21.3. The second-order valence-electron chi connectivity index (χ2n) is 9.56. The number of carbonyl (C=O) groups is 4. The maximum Gasteiger partial charge on any atom is 0.255 e. The number of aliphatic hydroxyl groups is 3. The molecule has 0 fully saturated rings. The normalized spacial score (nSPS) is 28.4. The van der Waals surface area contributed by atoms with Crippen LogP contribution in [0.4, 0.5) is 5.69 Å². The van der Waals surface area contributed by atoms with Gasteiger partial charge in [-0.1, -0.05) is 22.0 Å². The topological polar surface area (TPSA) is 190 Å². The molecule has 3 aliphatic rings. The number of benzene rings is 1. The van der Waals surface area contributed by atoms with Crippen molar-refractivity contribution in [3.05, 3.63) is 45.9 Å². The third kappa shape index (κ3) is 3.54. The Bertz CT molecular complexity index is 1280. The molecule has 12 heteroatoms. The molecule has 11 nitrogen and oxygen atoms in total. The highest BCUT2D eigenvalue weighted by Gasteiger charge is 2.63. The molecule has 0 bridgehead atoms. The largest absolute Gasteiger partial charge is 0.510 e. The fourth-order valence-corrected chi connectivity index (χ4v) is 5.67. The van der Waals surface area contributed by atoms with Crippen molar-refractivity contribution in [1.82, 2.24) is 4.90 Å². The van der Waals surface area contributed by atoms with E-state index in [0.29, 0.717) is 5.56 Å². The van der Waals surface area contributed by atoms with Gasteiger partial charge in [0, 0.05) is 11.5 Å². The predicted octanol–water partition coefficient (Wildman–Crippen LogP) is 0.842. The van der Waals surface area contributed by atoms with Crippen LogP contribution < -0.4 is 11.1 Å². The molecule has 0 aromatic heterocycles. The van der Waals surface area contributed by atoms with Crippen LogP contribution in [0, 0.1) is 11.8 Å². The highest BCUT2D eigenvalue weighted by molar-refractivity contribution is 9.10. The quantitative estimate of drug-likeness (QED) is 0.175. The van der Waals surface area contributed by atoms with Crippen molar-refractivity contribution in [1.29, 1.82) is 0 Å². The number of hydrogen-bond donors (Lipinski definition) is 6. The molecule has 0 heterocycles. The summed E-state index contributed by atoms with van der Waals surface area (Å²) in [6, 6.07) is 1.99. The Labute approximate surface area is 214 Å². The molecule has 192 valence electrons. The van der Waals surface area contributed by atoms with Crippen molar-refractivity contribution in [2.75, 3.05) is 19.4 Å². The Kier molecular flexibility index (Phi) is 6.26. The molecule has 0 saturated heterocycles. The van der Waals surface area contributed by atoms with Crippen LogP contribution in [0.5, 0.6) is 5.75 Å². The van der Waals surface area contributed by atoms with Crippen molar-refractivity contribution in [2.24, 2.45) is 17.6 Å². The fraction of sp³-hybridized carbons (Fsp3) is 0.417. The molecule has 3 unspecified atom stereocenters. The number of nitrogens with one attached hydrogen (secondary N) is 1. The Morgan fingerprint density at radius 1 is 1.22 bits per heavy atom.